The fourth-order valence-corrected chi connectivity index (χ4v) is 1.76. The number of rotatable bonds is 4. The topological polar surface area (TPSA) is 73.3 Å². The molecule has 1 aromatic carbocycles. The molecule has 7 heteroatoms. The highest BCUT2D eigenvalue weighted by Gasteiger charge is 2.09. The van der Waals surface area contributed by atoms with Crippen LogP contribution < -0.4 is 26.3 Å². The van der Waals surface area contributed by atoms with Crippen molar-refractivity contribution in [1.82, 2.24) is 0 Å². The second kappa shape index (κ2) is 7.49. The van der Waals surface area contributed by atoms with Crippen LogP contribution in [0.1, 0.15) is 12.5 Å². The van der Waals surface area contributed by atoms with Crippen LogP contribution in [0.5, 0.6) is 5.75 Å². The first-order valence-electron chi connectivity index (χ1n) is 5.95. The molecule has 0 saturated carbocycles. The number of aromatic nitrogens is 1. The number of hydrogen-bond acceptors (Lipinski definition) is 4. The number of nitro benzene ring substituents is 1. The van der Waals surface area contributed by atoms with E-state index in [2.05, 4.69) is 0 Å². The minimum absolute atomic E-state index is 0. The van der Waals surface area contributed by atoms with Gasteiger partial charge in [-0.1, -0.05) is 0 Å². The molecule has 0 bridgehead atoms. The summed E-state index contributed by atoms with van der Waals surface area (Å²) in [4.78, 5) is 21.0. The Hall–Kier alpha value is -2.28. The summed E-state index contributed by atoms with van der Waals surface area (Å²) in [6.45, 7) is 1.88. The molecule has 2 aromatic rings. The van der Waals surface area contributed by atoms with E-state index in [1.807, 2.05) is 10.8 Å². The van der Waals surface area contributed by atoms with Crippen LogP contribution in [0.25, 0.3) is 0 Å². The molecule has 21 heavy (non-hydrogen) atoms. The molecule has 0 unspecified atom stereocenters. The number of carbonyl (C=O) groups is 1. The molecule has 0 saturated heterocycles. The van der Waals surface area contributed by atoms with Crippen LogP contribution in [-0.4, -0.2) is 10.9 Å². The Balaban J connectivity index is 0.00000220. The molecule has 0 spiro atoms. The number of benzene rings is 1. The summed E-state index contributed by atoms with van der Waals surface area (Å²) in [6, 6.07) is 9.78. The minimum Gasteiger partial charge on any atom is -1.00 e. The van der Waals surface area contributed by atoms with Gasteiger partial charge in [-0.2, -0.15) is 4.57 Å². The first-order chi connectivity index (χ1) is 9.54. The van der Waals surface area contributed by atoms with Gasteiger partial charge < -0.3 is 21.7 Å². The maximum Gasteiger partial charge on any atom is 0.308 e. The molecule has 0 aliphatic carbocycles. The van der Waals surface area contributed by atoms with Gasteiger partial charge in [0.25, 0.3) is 5.69 Å². The average molecular weight is 353 g/mol. The van der Waals surface area contributed by atoms with Crippen LogP contribution in [0.4, 0.5) is 5.69 Å². The van der Waals surface area contributed by atoms with Gasteiger partial charge in [0.1, 0.15) is 0 Å². The van der Waals surface area contributed by atoms with E-state index in [0.29, 0.717) is 12.3 Å². The lowest BCUT2D eigenvalue weighted by molar-refractivity contribution is -0.688. The first-order valence-corrected chi connectivity index (χ1v) is 5.95. The van der Waals surface area contributed by atoms with Gasteiger partial charge in [0.2, 0.25) is 6.20 Å². The maximum absolute atomic E-state index is 10.9. The lowest BCUT2D eigenvalue weighted by Gasteiger charge is -2.01. The Kier molecular flexibility index (Phi) is 5.98. The zero-order valence-corrected chi connectivity index (χ0v) is 12.8. The van der Waals surface area contributed by atoms with Crippen LogP contribution in [0.3, 0.4) is 0 Å². The quantitative estimate of drug-likeness (QED) is 0.302. The van der Waals surface area contributed by atoms with Crippen molar-refractivity contribution in [3.05, 3.63) is 64.5 Å². The van der Waals surface area contributed by atoms with E-state index < -0.39 is 4.92 Å². The molecule has 1 aromatic heterocycles. The van der Waals surface area contributed by atoms with Crippen molar-refractivity contribution in [2.24, 2.45) is 0 Å². The van der Waals surface area contributed by atoms with Crippen molar-refractivity contribution < 1.29 is 36.0 Å². The van der Waals surface area contributed by atoms with E-state index in [-0.39, 0.29) is 28.6 Å². The second-order valence-corrected chi connectivity index (χ2v) is 4.23. The summed E-state index contributed by atoms with van der Waals surface area (Å²) in [5.74, 6) is 0.0833. The van der Waals surface area contributed by atoms with Crippen molar-refractivity contribution in [2.75, 3.05) is 0 Å². The molecule has 110 valence electrons. The van der Waals surface area contributed by atoms with Crippen LogP contribution in [-0.2, 0) is 11.3 Å². The van der Waals surface area contributed by atoms with Crippen molar-refractivity contribution in [3.63, 3.8) is 0 Å². The van der Waals surface area contributed by atoms with Gasteiger partial charge in [-0.3, -0.25) is 14.9 Å². The Bertz CT molecular complexity index is 644. The van der Waals surface area contributed by atoms with E-state index in [9.17, 15) is 14.9 Å². The number of nitrogens with zero attached hydrogens (tertiary/aromatic N) is 2. The van der Waals surface area contributed by atoms with E-state index in [1.54, 1.807) is 30.5 Å². The fourth-order valence-electron chi connectivity index (χ4n) is 1.76. The van der Waals surface area contributed by atoms with Gasteiger partial charge in [-0.25, -0.2) is 0 Å². The fraction of sp³-hybridized carbons (Fsp3) is 0.143. The van der Waals surface area contributed by atoms with Crippen LogP contribution >= 0.6 is 0 Å². The van der Waals surface area contributed by atoms with Gasteiger partial charge in [-0.05, 0) is 18.2 Å². The van der Waals surface area contributed by atoms with E-state index in [4.69, 9.17) is 4.74 Å². The molecule has 0 amide bonds. The molecule has 0 aliphatic heterocycles. The van der Waals surface area contributed by atoms with Crippen molar-refractivity contribution in [2.45, 2.75) is 13.5 Å². The smallest absolute Gasteiger partial charge is 0.308 e. The van der Waals surface area contributed by atoms with Gasteiger partial charge in [0.05, 0.1) is 4.92 Å². The van der Waals surface area contributed by atoms with E-state index in [0.717, 1.165) is 5.56 Å². The van der Waals surface area contributed by atoms with Crippen molar-refractivity contribution in [1.29, 1.82) is 0 Å². The Labute approximate surface area is 131 Å². The molecule has 2 rings (SSSR count). The number of nitro groups is 1. The Morgan fingerprint density at radius 2 is 1.95 bits per heavy atom. The van der Waals surface area contributed by atoms with Gasteiger partial charge in [-0.15, -0.1) is 0 Å². The van der Waals surface area contributed by atoms with Crippen molar-refractivity contribution in [3.8, 4) is 5.75 Å². The number of hydrogen-bond donors (Lipinski definition) is 0. The molecule has 6 nitrogen and oxygen atoms in total. The molecule has 0 radical (unpaired) electrons. The summed E-state index contributed by atoms with van der Waals surface area (Å²) in [5, 5.41) is 10.6. The van der Waals surface area contributed by atoms with Crippen LogP contribution in [0.15, 0.2) is 48.8 Å². The summed E-state index contributed by atoms with van der Waals surface area (Å²) in [7, 11) is 0. The second-order valence-electron chi connectivity index (χ2n) is 4.23. The molecule has 0 atom stereocenters. The highest BCUT2D eigenvalue weighted by Crippen LogP contribution is 2.12. The monoisotopic (exact) mass is 352 g/mol. The highest BCUT2D eigenvalue weighted by atomic mass is 79.9. The molecule has 0 aliphatic rings. The average Bonchev–Trinajstić information content (AvgIpc) is 2.39. The predicted octanol–water partition coefficient (Wildman–Crippen LogP) is -1.14. The molecule has 0 fully saturated rings. The largest absolute Gasteiger partial charge is 1.00 e. The SMILES string of the molecule is CC(=O)Oc1ccc[n+](Cc2ccc([N+](=O)[O-])cc2)c1.[Br-]. The zero-order chi connectivity index (χ0) is 14.5. The normalized spacial score (nSPS) is 9.57. The summed E-state index contributed by atoms with van der Waals surface area (Å²) in [6.07, 6.45) is 3.53. The molecule has 1 heterocycles. The van der Waals surface area contributed by atoms with E-state index >= 15 is 0 Å². The van der Waals surface area contributed by atoms with Gasteiger partial charge >= 0.3 is 5.97 Å². The third kappa shape index (κ3) is 4.96. The minimum atomic E-state index is -0.432. The number of carbonyl (C=O) groups excluding carboxylic acids is 1. The summed E-state index contributed by atoms with van der Waals surface area (Å²) in [5.41, 5.74) is 0.980. The third-order valence-electron chi connectivity index (χ3n) is 2.60. The zero-order valence-electron chi connectivity index (χ0n) is 11.2. The standard InChI is InChI=1S/C14H13N2O4.BrH/c1-11(17)20-14-3-2-8-15(10-14)9-12-4-6-13(7-5-12)16(18)19;/h2-8,10H,9H2,1H3;1H/q+1;/p-1. The van der Waals surface area contributed by atoms with Crippen LogP contribution in [0, 0.1) is 10.1 Å². The molecule has 0 N–H and O–H groups in total. The number of esters is 1. The Morgan fingerprint density at radius 1 is 1.29 bits per heavy atom. The number of pyridine rings is 1. The highest BCUT2D eigenvalue weighted by molar-refractivity contribution is 5.68. The maximum atomic E-state index is 10.9. The van der Waals surface area contributed by atoms with E-state index in [1.165, 1.54) is 19.1 Å². The number of non-ortho nitro benzene ring substituents is 1. The summed E-state index contributed by atoms with van der Waals surface area (Å²) < 4.78 is 6.83. The van der Waals surface area contributed by atoms with Gasteiger partial charge in [0, 0.05) is 30.7 Å². The van der Waals surface area contributed by atoms with Gasteiger partial charge in [0.15, 0.2) is 18.5 Å². The first kappa shape index (κ1) is 16.8. The van der Waals surface area contributed by atoms with Crippen molar-refractivity contribution >= 4 is 11.7 Å². The molecular weight excluding hydrogens is 340 g/mol. The number of ether oxygens (including phenoxy) is 1. The lowest BCUT2D eigenvalue weighted by atomic mass is 10.2. The molecular formula is C14H13BrN2O4. The van der Waals surface area contributed by atoms with Crippen LogP contribution in [0.2, 0.25) is 0 Å². The third-order valence-corrected chi connectivity index (χ3v) is 2.60. The number of halogens is 1. The summed E-state index contributed by atoms with van der Waals surface area (Å²) >= 11 is 0. The predicted molar refractivity (Wildman–Crippen MR) is 70.1 cm³/mol. The lowest BCUT2D eigenvalue weighted by Crippen LogP contribution is -3.00. The Morgan fingerprint density at radius 3 is 2.52 bits per heavy atom.